The maximum atomic E-state index is 12.6. The number of nitrogens with zero attached hydrogens (tertiary/aromatic N) is 2. The molecule has 1 amide bonds. The molecule has 0 aliphatic rings. The monoisotopic (exact) mass is 367 g/mol. The van der Waals surface area contributed by atoms with Gasteiger partial charge in [0.05, 0.1) is 16.5 Å². The van der Waals surface area contributed by atoms with Crippen LogP contribution in [0, 0.1) is 10.1 Å². The van der Waals surface area contributed by atoms with E-state index in [4.69, 9.17) is 0 Å². The molecule has 1 heterocycles. The molecular weight excluding hydrogens is 350 g/mol. The summed E-state index contributed by atoms with van der Waals surface area (Å²) in [7, 11) is 0. The number of nitro groups is 1. The molecule has 1 N–H and O–H groups in total. The number of hydrogen-bond acceptors (Lipinski definition) is 5. The van der Waals surface area contributed by atoms with E-state index in [1.807, 2.05) is 37.3 Å². The van der Waals surface area contributed by atoms with E-state index >= 15 is 0 Å². The summed E-state index contributed by atoms with van der Waals surface area (Å²) in [6, 6.07) is 15.9. The van der Waals surface area contributed by atoms with Crippen molar-refractivity contribution in [1.82, 2.24) is 4.98 Å². The van der Waals surface area contributed by atoms with E-state index in [1.165, 1.54) is 23.5 Å². The van der Waals surface area contributed by atoms with E-state index in [-0.39, 0.29) is 17.5 Å². The Balaban J connectivity index is 1.77. The Morgan fingerprint density at radius 2 is 2.00 bits per heavy atom. The van der Waals surface area contributed by atoms with Gasteiger partial charge in [-0.1, -0.05) is 49.4 Å². The molecule has 1 atom stereocenters. The summed E-state index contributed by atoms with van der Waals surface area (Å²) < 4.78 is 0. The van der Waals surface area contributed by atoms with Gasteiger partial charge in [0, 0.05) is 23.1 Å². The summed E-state index contributed by atoms with van der Waals surface area (Å²) >= 11 is 1.30. The minimum Gasteiger partial charge on any atom is -0.301 e. The van der Waals surface area contributed by atoms with Gasteiger partial charge in [0.1, 0.15) is 0 Å². The van der Waals surface area contributed by atoms with Crippen molar-refractivity contribution in [1.29, 1.82) is 0 Å². The van der Waals surface area contributed by atoms with Crippen LogP contribution in [-0.4, -0.2) is 15.8 Å². The Morgan fingerprint density at radius 1 is 1.23 bits per heavy atom. The lowest BCUT2D eigenvalue weighted by molar-refractivity contribution is -0.384. The molecule has 3 rings (SSSR count). The summed E-state index contributed by atoms with van der Waals surface area (Å²) in [5, 5.41) is 16.0. The lowest BCUT2D eigenvalue weighted by Gasteiger charge is -2.14. The van der Waals surface area contributed by atoms with Crippen molar-refractivity contribution in [2.24, 2.45) is 0 Å². The Morgan fingerprint density at radius 3 is 2.69 bits per heavy atom. The summed E-state index contributed by atoms with van der Waals surface area (Å²) in [6.07, 6.45) is 0.680. The van der Waals surface area contributed by atoms with Crippen LogP contribution in [0.1, 0.15) is 24.8 Å². The van der Waals surface area contributed by atoms with Gasteiger partial charge in [-0.25, -0.2) is 4.98 Å². The van der Waals surface area contributed by atoms with Gasteiger partial charge in [0.15, 0.2) is 5.13 Å². The normalized spacial score (nSPS) is 11.7. The van der Waals surface area contributed by atoms with Crippen molar-refractivity contribution in [3.8, 4) is 11.3 Å². The first kappa shape index (κ1) is 17.8. The van der Waals surface area contributed by atoms with Gasteiger partial charge >= 0.3 is 0 Å². The summed E-state index contributed by atoms with van der Waals surface area (Å²) in [4.78, 5) is 27.5. The van der Waals surface area contributed by atoms with E-state index in [0.717, 1.165) is 5.56 Å². The Labute approximate surface area is 154 Å². The van der Waals surface area contributed by atoms with Gasteiger partial charge in [-0.15, -0.1) is 11.3 Å². The molecule has 1 unspecified atom stereocenters. The number of aromatic nitrogens is 1. The Hall–Kier alpha value is -3.06. The molecule has 0 radical (unpaired) electrons. The van der Waals surface area contributed by atoms with E-state index < -0.39 is 4.92 Å². The van der Waals surface area contributed by atoms with Crippen LogP contribution in [0.25, 0.3) is 11.3 Å². The van der Waals surface area contributed by atoms with Gasteiger partial charge in [0.25, 0.3) is 5.69 Å². The van der Waals surface area contributed by atoms with Gasteiger partial charge in [-0.3, -0.25) is 14.9 Å². The van der Waals surface area contributed by atoms with Gasteiger partial charge in [-0.2, -0.15) is 0 Å². The Kier molecular flexibility index (Phi) is 5.38. The summed E-state index contributed by atoms with van der Waals surface area (Å²) in [5.74, 6) is -0.361. The molecule has 26 heavy (non-hydrogen) atoms. The minimum absolute atomic E-state index is 0.0104. The highest BCUT2D eigenvalue weighted by Crippen LogP contribution is 2.28. The molecule has 0 bridgehead atoms. The maximum absolute atomic E-state index is 12.6. The third kappa shape index (κ3) is 3.94. The number of carbonyl (C=O) groups excluding carboxylic acids is 1. The average molecular weight is 367 g/mol. The first-order valence-electron chi connectivity index (χ1n) is 8.14. The van der Waals surface area contributed by atoms with E-state index in [2.05, 4.69) is 10.3 Å². The lowest BCUT2D eigenvalue weighted by Crippen LogP contribution is -2.20. The maximum Gasteiger partial charge on any atom is 0.270 e. The zero-order chi connectivity index (χ0) is 18.5. The van der Waals surface area contributed by atoms with Crippen LogP contribution >= 0.6 is 11.3 Å². The van der Waals surface area contributed by atoms with E-state index in [9.17, 15) is 14.9 Å². The quantitative estimate of drug-likeness (QED) is 0.498. The lowest BCUT2D eigenvalue weighted by atomic mass is 9.96. The summed E-state index contributed by atoms with van der Waals surface area (Å²) in [5.41, 5.74) is 2.21. The molecule has 0 saturated heterocycles. The molecule has 0 saturated carbocycles. The fourth-order valence-corrected chi connectivity index (χ4v) is 3.42. The van der Waals surface area contributed by atoms with E-state index in [0.29, 0.717) is 22.8 Å². The Bertz CT molecular complexity index is 925. The molecular formula is C19H17N3O3S. The van der Waals surface area contributed by atoms with Gasteiger partial charge < -0.3 is 5.32 Å². The second-order valence-electron chi connectivity index (χ2n) is 5.71. The van der Waals surface area contributed by atoms with Crippen molar-refractivity contribution >= 4 is 28.1 Å². The van der Waals surface area contributed by atoms with Gasteiger partial charge in [0.2, 0.25) is 5.91 Å². The highest BCUT2D eigenvalue weighted by atomic mass is 32.1. The number of thiazole rings is 1. The van der Waals surface area contributed by atoms with E-state index in [1.54, 1.807) is 17.5 Å². The zero-order valence-corrected chi connectivity index (χ0v) is 14.9. The van der Waals surface area contributed by atoms with Crippen LogP contribution in [-0.2, 0) is 4.79 Å². The van der Waals surface area contributed by atoms with Crippen LogP contribution in [0.5, 0.6) is 0 Å². The SMILES string of the molecule is CCC(C(=O)Nc1nc(-c2cccc([N+](=O)[O-])c2)cs1)c1ccccc1. The largest absolute Gasteiger partial charge is 0.301 e. The van der Waals surface area contributed by atoms with Crippen LogP contribution in [0.15, 0.2) is 60.0 Å². The average Bonchev–Trinajstić information content (AvgIpc) is 3.12. The standard InChI is InChI=1S/C19H17N3O3S/c1-2-16(13-7-4-3-5-8-13)18(23)21-19-20-17(12-26-19)14-9-6-10-15(11-14)22(24)25/h3-12,16H,2H2,1H3,(H,20,21,23). The van der Waals surface area contributed by atoms with Crippen molar-refractivity contribution in [3.05, 3.63) is 75.7 Å². The molecule has 1 aromatic heterocycles. The highest BCUT2D eigenvalue weighted by Gasteiger charge is 2.20. The molecule has 7 heteroatoms. The molecule has 0 aliphatic heterocycles. The molecule has 2 aromatic carbocycles. The van der Waals surface area contributed by atoms with Crippen LogP contribution in [0.4, 0.5) is 10.8 Å². The molecule has 3 aromatic rings. The van der Waals surface area contributed by atoms with Crippen molar-refractivity contribution in [2.75, 3.05) is 5.32 Å². The number of nitrogens with one attached hydrogen (secondary N) is 1. The first-order chi connectivity index (χ1) is 12.6. The van der Waals surface area contributed by atoms with Crippen LogP contribution in [0.3, 0.4) is 0 Å². The smallest absolute Gasteiger partial charge is 0.270 e. The predicted octanol–water partition coefficient (Wildman–Crippen LogP) is 4.85. The van der Waals surface area contributed by atoms with Crippen molar-refractivity contribution < 1.29 is 9.72 Å². The topological polar surface area (TPSA) is 85.1 Å². The third-order valence-corrected chi connectivity index (χ3v) is 4.77. The number of anilines is 1. The number of benzene rings is 2. The number of rotatable bonds is 6. The number of nitro benzene ring substituents is 1. The third-order valence-electron chi connectivity index (χ3n) is 4.01. The predicted molar refractivity (Wildman–Crippen MR) is 102 cm³/mol. The highest BCUT2D eigenvalue weighted by molar-refractivity contribution is 7.14. The number of hydrogen-bond donors (Lipinski definition) is 1. The first-order valence-corrected chi connectivity index (χ1v) is 9.02. The molecule has 0 spiro atoms. The zero-order valence-electron chi connectivity index (χ0n) is 14.1. The fraction of sp³-hybridized carbons (Fsp3) is 0.158. The fourth-order valence-electron chi connectivity index (χ4n) is 2.69. The van der Waals surface area contributed by atoms with Gasteiger partial charge in [-0.05, 0) is 12.0 Å². The minimum atomic E-state index is -0.440. The second-order valence-corrected chi connectivity index (χ2v) is 6.56. The molecule has 0 fully saturated rings. The number of non-ortho nitro benzene ring substituents is 1. The molecule has 0 aliphatic carbocycles. The van der Waals surface area contributed by atoms with Crippen molar-refractivity contribution in [3.63, 3.8) is 0 Å². The number of amides is 1. The molecule has 132 valence electrons. The van der Waals surface area contributed by atoms with Crippen molar-refractivity contribution in [2.45, 2.75) is 19.3 Å². The van der Waals surface area contributed by atoms with Crippen LogP contribution < -0.4 is 5.32 Å². The van der Waals surface area contributed by atoms with Crippen LogP contribution in [0.2, 0.25) is 0 Å². The summed E-state index contributed by atoms with van der Waals surface area (Å²) in [6.45, 7) is 1.97. The second kappa shape index (κ2) is 7.88. The number of carbonyl (C=O) groups is 1. The molecule has 6 nitrogen and oxygen atoms in total.